The third kappa shape index (κ3) is 21.0. The maximum Gasteiger partial charge on any atom is 2.00 e. The van der Waals surface area contributed by atoms with Crippen molar-refractivity contribution in [2.45, 2.75) is 45.2 Å². The summed E-state index contributed by atoms with van der Waals surface area (Å²) in [6.07, 6.45) is 15.5. The van der Waals surface area contributed by atoms with Gasteiger partial charge in [-0.15, -0.1) is 17.0 Å². The number of carbonyl (C=O) groups excluding carboxylic acids is 3. The van der Waals surface area contributed by atoms with E-state index < -0.39 is 17.6 Å². The van der Waals surface area contributed by atoms with E-state index in [9.17, 15) is 27.6 Å². The molecule has 0 atom stereocenters. The van der Waals surface area contributed by atoms with E-state index >= 15 is 0 Å². The monoisotopic (exact) mass is 1240 g/mol. The molecular weight excluding hydrogens is 1180 g/mol. The molecule has 0 fully saturated rings. The van der Waals surface area contributed by atoms with Gasteiger partial charge in [0.1, 0.15) is 23.0 Å². The van der Waals surface area contributed by atoms with Crippen molar-refractivity contribution < 1.29 is 61.2 Å². The molecule has 83 heavy (non-hydrogen) atoms. The largest absolute Gasteiger partial charge is 2.00 e. The van der Waals surface area contributed by atoms with E-state index in [2.05, 4.69) is 46.2 Å². The summed E-state index contributed by atoms with van der Waals surface area (Å²) in [5.74, 6) is 1.07. The third-order valence-electron chi connectivity index (χ3n) is 11.6. The van der Waals surface area contributed by atoms with Crippen molar-refractivity contribution in [3.05, 3.63) is 242 Å². The van der Waals surface area contributed by atoms with E-state index in [1.165, 1.54) is 48.0 Å². The van der Waals surface area contributed by atoms with Crippen LogP contribution in [0.2, 0.25) is 0 Å². The SMILES string of the molecule is CCCCCCc1ccc(/C=C/c2ccnc(/C([NH-])=C/C(=N)C(F)(F)F)c2)s1.O=CO/C(=C/c1ccnc(-c2cc(/C=C(/OC=O)c3ccccc3)cc(-c3cc(/C=C(/OC=O)c4ccccc4)ccn3)n2)c1)c1ccccc1.[N-]=C=S.[Ru+2]. The average molecular weight is 1240 g/mol. The molecule has 0 aliphatic carbocycles. The molecule has 8 rings (SSSR count). The molecule has 0 aliphatic rings. The first-order valence-electron chi connectivity index (χ1n) is 25.2. The third-order valence-corrected chi connectivity index (χ3v) is 12.7. The molecular formula is C64H52F3N7O6RuS2. The molecule has 0 bridgehead atoms. The van der Waals surface area contributed by atoms with Crippen molar-refractivity contribution in [3.63, 3.8) is 0 Å². The number of nitrogens with one attached hydrogen (secondary N) is 2. The Bertz CT molecular complexity index is 3500. The zero-order chi connectivity index (χ0) is 58.5. The number of pyridine rings is 4. The van der Waals surface area contributed by atoms with Gasteiger partial charge in [0.2, 0.25) is 0 Å². The number of aromatic nitrogens is 4. The van der Waals surface area contributed by atoms with E-state index in [1.54, 1.807) is 60.2 Å². The molecule has 19 heteroatoms. The summed E-state index contributed by atoms with van der Waals surface area (Å²) >= 11 is 5.43. The van der Waals surface area contributed by atoms with E-state index in [1.807, 2.05) is 127 Å². The molecule has 0 saturated heterocycles. The predicted molar refractivity (Wildman–Crippen MR) is 322 cm³/mol. The Hall–Kier alpha value is -9.25. The quantitative estimate of drug-likeness (QED) is 0.0121. The van der Waals surface area contributed by atoms with Crippen LogP contribution in [0, 0.1) is 5.41 Å². The van der Waals surface area contributed by atoms with Gasteiger partial charge < -0.3 is 25.4 Å². The van der Waals surface area contributed by atoms with Gasteiger partial charge in [-0.1, -0.05) is 135 Å². The van der Waals surface area contributed by atoms with Crippen LogP contribution < -0.4 is 0 Å². The number of hydrogen-bond acceptors (Lipinski definition) is 13. The van der Waals surface area contributed by atoms with Gasteiger partial charge in [-0.05, 0) is 126 Å². The molecule has 0 spiro atoms. The zero-order valence-corrected chi connectivity index (χ0v) is 47.8. The first-order valence-corrected chi connectivity index (χ1v) is 26.5. The molecule has 0 aliphatic heterocycles. The number of nitrogens with zero attached hydrogens (tertiary/aromatic N) is 5. The van der Waals surface area contributed by atoms with Crippen LogP contribution in [0.5, 0.6) is 0 Å². The van der Waals surface area contributed by atoms with Gasteiger partial charge in [0.15, 0.2) is 0 Å². The van der Waals surface area contributed by atoms with Crippen molar-refractivity contribution in [1.29, 1.82) is 5.41 Å². The van der Waals surface area contributed by atoms with Crippen molar-refractivity contribution >= 4 is 107 Å². The van der Waals surface area contributed by atoms with Crippen LogP contribution in [0.1, 0.15) is 87.0 Å². The number of unbranched alkanes of at least 4 members (excludes halogenated alkanes) is 3. The Morgan fingerprint density at radius 1 is 0.614 bits per heavy atom. The summed E-state index contributed by atoms with van der Waals surface area (Å²) in [7, 11) is 0. The number of rotatable bonds is 23. The number of carbonyl (C=O) groups is 3. The van der Waals surface area contributed by atoms with E-state index in [0.29, 0.717) is 87.8 Å². The van der Waals surface area contributed by atoms with Crippen LogP contribution in [0.25, 0.3) is 87.3 Å². The van der Waals surface area contributed by atoms with Crippen molar-refractivity contribution in [2.75, 3.05) is 0 Å². The van der Waals surface area contributed by atoms with Crippen LogP contribution in [-0.4, -0.2) is 56.4 Å². The maximum absolute atomic E-state index is 12.4. The fourth-order valence-electron chi connectivity index (χ4n) is 7.74. The number of halogens is 3. The molecule has 2 N–H and O–H groups in total. The second-order valence-corrected chi connectivity index (χ2v) is 18.8. The molecule has 0 saturated carbocycles. The van der Waals surface area contributed by atoms with Gasteiger partial charge in [0, 0.05) is 50.7 Å². The van der Waals surface area contributed by atoms with Gasteiger partial charge in [-0.25, -0.2) is 4.98 Å². The van der Waals surface area contributed by atoms with Crippen molar-refractivity contribution in [3.8, 4) is 22.8 Å². The van der Waals surface area contributed by atoms with Crippen LogP contribution in [0.15, 0.2) is 176 Å². The summed E-state index contributed by atoms with van der Waals surface area (Å²) in [5.41, 5.74) is 12.9. The molecule has 0 unspecified atom stereocenters. The minimum atomic E-state index is -4.77. The number of thiophene rings is 1. The Morgan fingerprint density at radius 3 is 1.52 bits per heavy atom. The van der Waals surface area contributed by atoms with Gasteiger partial charge in [-0.3, -0.25) is 34.7 Å². The number of alkyl halides is 3. The molecule has 420 valence electrons. The number of ether oxygens (including phenoxy) is 3. The summed E-state index contributed by atoms with van der Waals surface area (Å²) in [6.45, 7) is 3.35. The predicted octanol–water partition coefficient (Wildman–Crippen LogP) is 16.3. The van der Waals surface area contributed by atoms with Crippen molar-refractivity contribution in [2.24, 2.45) is 0 Å². The second-order valence-electron chi connectivity index (χ2n) is 17.4. The first kappa shape index (κ1) is 64.6. The van der Waals surface area contributed by atoms with Gasteiger partial charge in [-0.2, -0.15) is 18.3 Å². The summed E-state index contributed by atoms with van der Waals surface area (Å²) in [6, 6.07) is 46.1. The Kier molecular flexibility index (Phi) is 26.6. The number of isothiocyanates is 1. The number of allylic oxidation sites excluding steroid dienone is 1. The van der Waals surface area contributed by atoms with E-state index in [-0.39, 0.29) is 25.2 Å². The molecule has 8 aromatic rings. The van der Waals surface area contributed by atoms with Gasteiger partial charge in [0.25, 0.3) is 19.4 Å². The Labute approximate surface area is 500 Å². The zero-order valence-electron chi connectivity index (χ0n) is 44.4. The standard InChI is InChI=1S/C42H29N3O6.C21H23F3N3S.CNS.Ru/c46-27-49-40(33-10-4-1-5-11-33)24-30-16-18-43-36(20-30)38-22-32(26-42(51-29-48)35-14-8-3-9-15-35)23-39(45-38)37-21-31(17-19-44-37)25-41(50-28-47)34-12-6-2-7-13-34;1-2-3-4-5-6-16-9-10-17(28-16)8-7-15-11-12-27-19(13-15)18(25)14-20(26)21(22,23)24;2-1-3;/h1-29H;7-14,25-26H,2-6H2,1H3;;/q;2*-1;+2/b40-24+,41-25+,42-26+;8-7+,18-14-,26-20?;;. The van der Waals surface area contributed by atoms with Crippen LogP contribution >= 0.6 is 23.6 Å². The molecule has 0 amide bonds. The van der Waals surface area contributed by atoms with Crippen molar-refractivity contribution in [1.82, 2.24) is 19.9 Å². The van der Waals surface area contributed by atoms with Crippen LogP contribution in [0.3, 0.4) is 0 Å². The molecule has 3 aromatic carbocycles. The fraction of sp³-hybridized carbons (Fsp3) is 0.109. The number of thiocarbonyl (C=S) groups is 1. The normalized spacial score (nSPS) is 11.6. The molecule has 5 aromatic heterocycles. The van der Waals surface area contributed by atoms with E-state index in [0.717, 1.165) is 28.0 Å². The first-order chi connectivity index (χ1) is 39.8. The molecule has 0 radical (unpaired) electrons. The smallest absolute Gasteiger partial charge is 0.753 e. The fourth-order valence-corrected chi connectivity index (χ4v) is 8.70. The second kappa shape index (κ2) is 34.1. The number of aryl methyl sites for hydroxylation is 1. The Morgan fingerprint density at radius 2 is 1.06 bits per heavy atom. The summed E-state index contributed by atoms with van der Waals surface area (Å²) in [5, 5.41) is 15.4. The number of benzene rings is 3. The van der Waals surface area contributed by atoms with Gasteiger partial charge >= 0.3 is 25.7 Å². The maximum atomic E-state index is 12.4. The minimum Gasteiger partial charge on any atom is -0.753 e. The van der Waals surface area contributed by atoms with Gasteiger partial charge in [0.05, 0.1) is 22.8 Å². The average Bonchev–Trinajstić information content (AvgIpc) is 4.16. The topological polar surface area (TPSA) is 200 Å². The Balaban J connectivity index is 0.000000334. The summed E-state index contributed by atoms with van der Waals surface area (Å²) < 4.78 is 53.4. The van der Waals surface area contributed by atoms with E-state index in [4.69, 9.17) is 35.7 Å². The minimum absolute atomic E-state index is 0. The number of hydrogen-bond donors (Lipinski definition) is 1. The molecule has 13 nitrogen and oxygen atoms in total. The molecule has 5 heterocycles. The van der Waals surface area contributed by atoms with Crippen LogP contribution in [0.4, 0.5) is 13.2 Å². The van der Waals surface area contributed by atoms with Crippen LogP contribution in [-0.2, 0) is 54.5 Å². The summed E-state index contributed by atoms with van der Waals surface area (Å²) in [4.78, 5) is 54.8.